The molecule has 0 saturated carbocycles. The molecule has 0 aliphatic carbocycles. The molecule has 1 aliphatic rings. The Hall–Kier alpha value is -1.29. The van der Waals surface area contributed by atoms with Gasteiger partial charge in [0, 0.05) is 31.4 Å². The molecule has 3 nitrogen and oxygen atoms in total. The highest BCUT2D eigenvalue weighted by atomic mass is 19.1. The molecule has 1 aliphatic heterocycles. The van der Waals surface area contributed by atoms with Crippen molar-refractivity contribution in [3.05, 3.63) is 24.0 Å². The van der Waals surface area contributed by atoms with Gasteiger partial charge < -0.3 is 15.1 Å². The van der Waals surface area contributed by atoms with E-state index >= 15 is 0 Å². The van der Waals surface area contributed by atoms with Crippen LogP contribution in [0.5, 0.6) is 0 Å². The normalized spacial score (nSPS) is 20.2. The fraction of sp³-hybridized carbons (Fsp3) is 0.625. The summed E-state index contributed by atoms with van der Waals surface area (Å²) < 4.78 is 14.2. The summed E-state index contributed by atoms with van der Waals surface area (Å²) in [6, 6.07) is 6.16. The molecule has 1 unspecified atom stereocenters. The van der Waals surface area contributed by atoms with E-state index < -0.39 is 0 Å². The average Bonchev–Trinajstić information content (AvgIpc) is 2.38. The molecule has 0 spiro atoms. The summed E-state index contributed by atoms with van der Waals surface area (Å²) in [6.07, 6.45) is 2.35. The first-order chi connectivity index (χ1) is 9.47. The van der Waals surface area contributed by atoms with E-state index in [9.17, 15) is 4.39 Å². The molecule has 1 N–H and O–H groups in total. The third-order valence-electron chi connectivity index (χ3n) is 4.10. The van der Waals surface area contributed by atoms with Gasteiger partial charge in [0.15, 0.2) is 0 Å². The number of rotatable bonds is 4. The monoisotopic (exact) mass is 279 g/mol. The van der Waals surface area contributed by atoms with E-state index in [2.05, 4.69) is 31.1 Å². The third-order valence-corrected chi connectivity index (χ3v) is 4.10. The van der Waals surface area contributed by atoms with Gasteiger partial charge in [-0.2, -0.15) is 0 Å². The van der Waals surface area contributed by atoms with E-state index in [0.717, 1.165) is 25.2 Å². The van der Waals surface area contributed by atoms with Crippen molar-refractivity contribution in [2.45, 2.75) is 38.8 Å². The topological polar surface area (TPSA) is 18.5 Å². The summed E-state index contributed by atoms with van der Waals surface area (Å²) in [6.45, 7) is 6.30. The number of halogens is 1. The molecule has 1 heterocycles. The molecular formula is C16H26FN3. The molecule has 20 heavy (non-hydrogen) atoms. The van der Waals surface area contributed by atoms with Gasteiger partial charge in [-0.05, 0) is 58.5 Å². The van der Waals surface area contributed by atoms with Crippen LogP contribution in [0.2, 0.25) is 0 Å². The minimum Gasteiger partial charge on any atom is -0.381 e. The molecule has 0 aromatic heterocycles. The summed E-state index contributed by atoms with van der Waals surface area (Å²) >= 11 is 0. The van der Waals surface area contributed by atoms with E-state index in [4.69, 9.17) is 0 Å². The van der Waals surface area contributed by atoms with Crippen LogP contribution in [0.4, 0.5) is 15.8 Å². The molecule has 1 aromatic rings. The lowest BCUT2D eigenvalue weighted by Gasteiger charge is -2.31. The van der Waals surface area contributed by atoms with Crippen LogP contribution in [0.1, 0.15) is 26.7 Å². The van der Waals surface area contributed by atoms with Gasteiger partial charge in [-0.25, -0.2) is 4.39 Å². The number of hydrogen-bond acceptors (Lipinski definition) is 3. The highest BCUT2D eigenvalue weighted by Gasteiger charge is 2.17. The second kappa shape index (κ2) is 6.44. The highest BCUT2D eigenvalue weighted by Crippen LogP contribution is 2.24. The van der Waals surface area contributed by atoms with Crippen molar-refractivity contribution in [1.29, 1.82) is 0 Å². The average molecular weight is 279 g/mol. The zero-order valence-corrected chi connectivity index (χ0v) is 13.0. The Balaban J connectivity index is 2.05. The van der Waals surface area contributed by atoms with Gasteiger partial charge in [0.05, 0.1) is 5.69 Å². The standard InChI is InChI=1S/C16H26FN3/c1-12(2)20(4)16-8-7-13(10-15(16)17)18-14-6-5-9-19(3)11-14/h7-8,10,12,14,18H,5-6,9,11H2,1-4H3. The Morgan fingerprint density at radius 1 is 1.40 bits per heavy atom. The lowest BCUT2D eigenvalue weighted by molar-refractivity contribution is 0.261. The molecule has 1 aromatic carbocycles. The molecule has 0 radical (unpaired) electrons. The largest absolute Gasteiger partial charge is 0.381 e. The number of nitrogens with one attached hydrogen (secondary N) is 1. The van der Waals surface area contributed by atoms with Crippen LogP contribution in [0.3, 0.4) is 0 Å². The maximum absolute atomic E-state index is 14.2. The van der Waals surface area contributed by atoms with Crippen LogP contribution in [-0.4, -0.2) is 44.2 Å². The lowest BCUT2D eigenvalue weighted by Crippen LogP contribution is -2.39. The number of piperidine rings is 1. The molecule has 0 amide bonds. The molecular weight excluding hydrogens is 253 g/mol. The summed E-state index contributed by atoms with van der Waals surface area (Å²) in [5, 5.41) is 3.45. The Morgan fingerprint density at radius 2 is 2.15 bits per heavy atom. The van der Waals surface area contributed by atoms with Crippen molar-refractivity contribution in [1.82, 2.24) is 4.90 Å². The van der Waals surface area contributed by atoms with Gasteiger partial charge in [-0.3, -0.25) is 0 Å². The summed E-state index contributed by atoms with van der Waals surface area (Å²) in [5.41, 5.74) is 1.54. The quantitative estimate of drug-likeness (QED) is 0.913. The van der Waals surface area contributed by atoms with Crippen LogP contribution >= 0.6 is 0 Å². The number of likely N-dealkylation sites (tertiary alicyclic amines) is 1. The lowest BCUT2D eigenvalue weighted by atomic mass is 10.1. The van der Waals surface area contributed by atoms with Gasteiger partial charge in [0.1, 0.15) is 5.82 Å². The maximum atomic E-state index is 14.2. The maximum Gasteiger partial charge on any atom is 0.148 e. The zero-order chi connectivity index (χ0) is 14.7. The van der Waals surface area contributed by atoms with Crippen molar-refractivity contribution in [2.24, 2.45) is 0 Å². The molecule has 112 valence electrons. The first-order valence-electron chi connectivity index (χ1n) is 7.45. The second-order valence-electron chi connectivity index (χ2n) is 6.12. The summed E-state index contributed by atoms with van der Waals surface area (Å²) in [7, 11) is 4.06. The van der Waals surface area contributed by atoms with Gasteiger partial charge in [-0.1, -0.05) is 0 Å². The van der Waals surface area contributed by atoms with Crippen LogP contribution in [0.15, 0.2) is 18.2 Å². The van der Waals surface area contributed by atoms with Crippen molar-refractivity contribution < 1.29 is 4.39 Å². The molecule has 1 atom stereocenters. The summed E-state index contributed by atoms with van der Waals surface area (Å²) in [5.74, 6) is -0.157. The molecule has 0 bridgehead atoms. The Morgan fingerprint density at radius 3 is 2.75 bits per heavy atom. The van der Waals surface area contributed by atoms with E-state index in [1.165, 1.54) is 6.42 Å². The minimum absolute atomic E-state index is 0.157. The van der Waals surface area contributed by atoms with Gasteiger partial charge in [0.25, 0.3) is 0 Å². The Labute approximate surface area is 121 Å². The Kier molecular flexibility index (Phi) is 4.86. The van der Waals surface area contributed by atoms with Crippen LogP contribution in [0, 0.1) is 5.82 Å². The van der Waals surface area contributed by atoms with Crippen LogP contribution in [0.25, 0.3) is 0 Å². The SMILES string of the molecule is CC(C)N(C)c1ccc(NC2CCCN(C)C2)cc1F. The zero-order valence-electron chi connectivity index (χ0n) is 13.0. The highest BCUT2D eigenvalue weighted by molar-refractivity contribution is 5.56. The van der Waals surface area contributed by atoms with Crippen molar-refractivity contribution in [3.63, 3.8) is 0 Å². The van der Waals surface area contributed by atoms with E-state index in [0.29, 0.717) is 11.7 Å². The number of likely N-dealkylation sites (N-methyl/N-ethyl adjacent to an activating group) is 1. The molecule has 1 saturated heterocycles. The van der Waals surface area contributed by atoms with E-state index in [1.807, 2.05) is 24.1 Å². The van der Waals surface area contributed by atoms with Gasteiger partial charge >= 0.3 is 0 Å². The third kappa shape index (κ3) is 3.63. The number of anilines is 2. The number of benzene rings is 1. The van der Waals surface area contributed by atoms with Crippen molar-refractivity contribution >= 4 is 11.4 Å². The first kappa shape index (κ1) is 15.1. The fourth-order valence-electron chi connectivity index (χ4n) is 2.68. The molecule has 2 rings (SSSR count). The predicted molar refractivity (Wildman–Crippen MR) is 84.1 cm³/mol. The minimum atomic E-state index is -0.157. The van der Waals surface area contributed by atoms with E-state index in [1.54, 1.807) is 6.07 Å². The Bertz CT molecular complexity index is 447. The predicted octanol–water partition coefficient (Wildman–Crippen LogP) is 3.18. The number of nitrogens with zero attached hydrogens (tertiary/aromatic N) is 2. The first-order valence-corrected chi connectivity index (χ1v) is 7.45. The second-order valence-corrected chi connectivity index (χ2v) is 6.12. The van der Waals surface area contributed by atoms with Gasteiger partial charge in [0.2, 0.25) is 0 Å². The fourth-order valence-corrected chi connectivity index (χ4v) is 2.68. The van der Waals surface area contributed by atoms with Gasteiger partial charge in [-0.15, -0.1) is 0 Å². The van der Waals surface area contributed by atoms with Crippen LogP contribution in [-0.2, 0) is 0 Å². The van der Waals surface area contributed by atoms with Crippen molar-refractivity contribution in [3.8, 4) is 0 Å². The molecule has 1 fully saturated rings. The number of hydrogen-bond donors (Lipinski definition) is 1. The molecule has 4 heteroatoms. The van der Waals surface area contributed by atoms with Crippen molar-refractivity contribution in [2.75, 3.05) is 37.4 Å². The van der Waals surface area contributed by atoms with E-state index in [-0.39, 0.29) is 11.9 Å². The smallest absolute Gasteiger partial charge is 0.148 e. The van der Waals surface area contributed by atoms with Crippen LogP contribution < -0.4 is 10.2 Å². The summed E-state index contributed by atoms with van der Waals surface area (Å²) in [4.78, 5) is 4.27.